The van der Waals surface area contributed by atoms with Crippen molar-refractivity contribution in [3.8, 4) is 0 Å². The highest BCUT2D eigenvalue weighted by Gasteiger charge is 2.27. The van der Waals surface area contributed by atoms with Crippen molar-refractivity contribution >= 4 is 28.2 Å². The van der Waals surface area contributed by atoms with Gasteiger partial charge in [-0.15, -0.1) is 11.3 Å². The molecule has 1 saturated heterocycles. The fourth-order valence-corrected chi connectivity index (χ4v) is 3.91. The van der Waals surface area contributed by atoms with Crippen LogP contribution in [-0.2, 0) is 16.9 Å². The third kappa shape index (κ3) is 3.31. The minimum atomic E-state index is -0.115. The number of fused-ring (bicyclic) bond motifs is 1. The Bertz CT molecular complexity index is 912. The van der Waals surface area contributed by atoms with Crippen molar-refractivity contribution in [1.82, 2.24) is 24.7 Å². The molecule has 4 heterocycles. The molecule has 0 radical (unpaired) electrons. The van der Waals surface area contributed by atoms with Gasteiger partial charge in [0.1, 0.15) is 12.1 Å². The minimum Gasteiger partial charge on any atom is -0.370 e. The van der Waals surface area contributed by atoms with E-state index in [0.717, 1.165) is 47.1 Å². The van der Waals surface area contributed by atoms with Crippen LogP contribution in [0.4, 0.5) is 5.82 Å². The highest BCUT2D eigenvalue weighted by atomic mass is 32.1. The van der Waals surface area contributed by atoms with Crippen LogP contribution < -0.4 is 4.90 Å². The van der Waals surface area contributed by atoms with Gasteiger partial charge in [0, 0.05) is 18.5 Å². The van der Waals surface area contributed by atoms with Crippen LogP contribution in [0.1, 0.15) is 37.9 Å². The van der Waals surface area contributed by atoms with Crippen LogP contribution in [0.15, 0.2) is 17.9 Å². The van der Waals surface area contributed by atoms with Gasteiger partial charge in [0.2, 0.25) is 0 Å². The van der Waals surface area contributed by atoms with Crippen molar-refractivity contribution in [2.24, 2.45) is 0 Å². The molecule has 0 unspecified atom stereocenters. The van der Waals surface area contributed by atoms with Gasteiger partial charge in [-0.1, -0.05) is 0 Å². The molecule has 1 aliphatic rings. The van der Waals surface area contributed by atoms with E-state index in [9.17, 15) is 0 Å². The van der Waals surface area contributed by atoms with E-state index in [2.05, 4.69) is 51.1 Å². The van der Waals surface area contributed by atoms with Gasteiger partial charge in [-0.3, -0.25) is 0 Å². The molecule has 1 fully saturated rings. The summed E-state index contributed by atoms with van der Waals surface area (Å²) in [6.45, 7) is 10.7. The Labute approximate surface area is 157 Å². The molecule has 3 aromatic rings. The summed E-state index contributed by atoms with van der Waals surface area (Å²) in [6, 6.07) is 0. The number of nitrogens with zero attached hydrogens (tertiary/aromatic N) is 6. The maximum atomic E-state index is 6.06. The van der Waals surface area contributed by atoms with Crippen LogP contribution in [0, 0.1) is 6.92 Å². The summed E-state index contributed by atoms with van der Waals surface area (Å²) < 4.78 is 8.02. The fraction of sp³-hybridized carbons (Fsp3) is 0.556. The molecule has 0 saturated carbocycles. The average molecular weight is 372 g/mol. The van der Waals surface area contributed by atoms with Crippen LogP contribution >= 0.6 is 11.3 Å². The number of anilines is 1. The van der Waals surface area contributed by atoms with Crippen molar-refractivity contribution < 1.29 is 4.74 Å². The number of aryl methyl sites for hydroxylation is 1. The fourth-order valence-electron chi connectivity index (χ4n) is 3.31. The average Bonchev–Trinajstić information content (AvgIpc) is 3.31. The lowest BCUT2D eigenvalue weighted by molar-refractivity contribution is 0.0536. The summed E-state index contributed by atoms with van der Waals surface area (Å²) in [4.78, 5) is 15.7. The molecule has 0 spiro atoms. The van der Waals surface area contributed by atoms with E-state index >= 15 is 0 Å². The zero-order valence-electron chi connectivity index (χ0n) is 15.6. The minimum absolute atomic E-state index is 0.115. The second kappa shape index (κ2) is 6.59. The first-order valence-electron chi connectivity index (χ1n) is 8.88. The highest BCUT2D eigenvalue weighted by molar-refractivity contribution is 7.09. The number of hydrogen-bond donors (Lipinski definition) is 0. The Kier molecular flexibility index (Phi) is 4.40. The van der Waals surface area contributed by atoms with Gasteiger partial charge >= 0.3 is 0 Å². The molecular formula is C18H24N6OS. The molecule has 26 heavy (non-hydrogen) atoms. The maximum absolute atomic E-state index is 6.06. The molecule has 1 aliphatic heterocycles. The van der Waals surface area contributed by atoms with Crippen molar-refractivity contribution in [2.75, 3.05) is 18.0 Å². The zero-order chi connectivity index (χ0) is 18.3. The monoisotopic (exact) mass is 372 g/mol. The molecule has 7 nitrogen and oxygen atoms in total. The lowest BCUT2D eigenvalue weighted by Gasteiger charge is -2.21. The maximum Gasteiger partial charge on any atom is 0.163 e. The first-order valence-corrected chi connectivity index (χ1v) is 9.76. The number of thiazole rings is 1. The highest BCUT2D eigenvalue weighted by Crippen LogP contribution is 2.29. The first-order chi connectivity index (χ1) is 12.4. The lowest BCUT2D eigenvalue weighted by Crippen LogP contribution is -2.25. The summed E-state index contributed by atoms with van der Waals surface area (Å²) in [6.07, 6.45) is 4.69. The normalized spacial score (nSPS) is 18.2. The Balaban J connectivity index is 1.49. The quantitative estimate of drug-likeness (QED) is 0.701. The second-order valence-electron chi connectivity index (χ2n) is 7.69. The van der Waals surface area contributed by atoms with Gasteiger partial charge in [-0.2, -0.15) is 5.10 Å². The van der Waals surface area contributed by atoms with E-state index in [0.29, 0.717) is 6.61 Å². The topological polar surface area (TPSA) is 69.0 Å². The molecule has 0 aromatic carbocycles. The van der Waals surface area contributed by atoms with Gasteiger partial charge in [-0.05, 0) is 34.1 Å². The Morgan fingerprint density at radius 3 is 2.88 bits per heavy atom. The van der Waals surface area contributed by atoms with Crippen LogP contribution in [0.2, 0.25) is 0 Å². The molecule has 8 heteroatoms. The van der Waals surface area contributed by atoms with Crippen molar-refractivity contribution in [3.63, 3.8) is 0 Å². The number of rotatable bonds is 4. The predicted molar refractivity (Wildman–Crippen MR) is 103 cm³/mol. The van der Waals surface area contributed by atoms with E-state index in [-0.39, 0.29) is 11.6 Å². The Hall–Kier alpha value is -2.06. The van der Waals surface area contributed by atoms with Crippen molar-refractivity contribution in [3.05, 3.63) is 28.6 Å². The van der Waals surface area contributed by atoms with Gasteiger partial charge in [0.05, 0.1) is 40.5 Å². The van der Waals surface area contributed by atoms with Gasteiger partial charge in [0.15, 0.2) is 5.65 Å². The van der Waals surface area contributed by atoms with E-state index in [1.165, 1.54) is 0 Å². The second-order valence-corrected chi connectivity index (χ2v) is 8.75. The smallest absolute Gasteiger partial charge is 0.163 e. The van der Waals surface area contributed by atoms with E-state index in [1.54, 1.807) is 17.7 Å². The summed E-state index contributed by atoms with van der Waals surface area (Å²) >= 11 is 1.66. The van der Waals surface area contributed by atoms with Crippen LogP contribution in [0.5, 0.6) is 0 Å². The van der Waals surface area contributed by atoms with E-state index < -0.39 is 0 Å². The third-order valence-electron chi connectivity index (χ3n) is 4.56. The van der Waals surface area contributed by atoms with E-state index in [4.69, 9.17) is 4.74 Å². The summed E-state index contributed by atoms with van der Waals surface area (Å²) in [5, 5.41) is 8.69. The SMILES string of the molecule is Cc1nc(CO[C@@H]2CCN(c3ncnc4c3cnn4C(C)(C)C)C2)cs1. The Morgan fingerprint density at radius 1 is 1.31 bits per heavy atom. The number of ether oxygens (including phenoxy) is 1. The van der Waals surface area contributed by atoms with Gasteiger partial charge in [0.25, 0.3) is 0 Å². The van der Waals surface area contributed by atoms with Gasteiger partial charge in [-0.25, -0.2) is 19.6 Å². The molecule has 3 aromatic heterocycles. The molecule has 0 bridgehead atoms. The molecule has 0 aliphatic carbocycles. The van der Waals surface area contributed by atoms with Crippen LogP contribution in [0.25, 0.3) is 11.0 Å². The molecule has 0 amide bonds. The number of aromatic nitrogens is 5. The van der Waals surface area contributed by atoms with Crippen molar-refractivity contribution in [1.29, 1.82) is 0 Å². The van der Waals surface area contributed by atoms with Crippen LogP contribution in [0.3, 0.4) is 0 Å². The summed E-state index contributed by atoms with van der Waals surface area (Å²) in [5.74, 6) is 0.945. The predicted octanol–water partition coefficient (Wildman–Crippen LogP) is 3.14. The zero-order valence-corrected chi connectivity index (χ0v) is 16.5. The van der Waals surface area contributed by atoms with Crippen LogP contribution in [-0.4, -0.2) is 43.9 Å². The third-order valence-corrected chi connectivity index (χ3v) is 5.38. The first kappa shape index (κ1) is 17.4. The lowest BCUT2D eigenvalue weighted by atomic mass is 10.1. The van der Waals surface area contributed by atoms with E-state index in [1.807, 2.05) is 17.8 Å². The molecule has 0 N–H and O–H groups in total. The summed E-state index contributed by atoms with van der Waals surface area (Å²) in [7, 11) is 0. The van der Waals surface area contributed by atoms with Gasteiger partial charge < -0.3 is 9.64 Å². The molecule has 1 atom stereocenters. The Morgan fingerprint density at radius 2 is 2.15 bits per heavy atom. The molecule has 4 rings (SSSR count). The van der Waals surface area contributed by atoms with Crippen molar-refractivity contribution in [2.45, 2.75) is 52.4 Å². The molecular weight excluding hydrogens is 348 g/mol. The largest absolute Gasteiger partial charge is 0.370 e. The summed E-state index contributed by atoms with van der Waals surface area (Å²) in [5.41, 5.74) is 1.78. The molecule has 138 valence electrons. The number of hydrogen-bond acceptors (Lipinski definition) is 7. The standard InChI is InChI=1S/C18H24N6OS/c1-12-22-13(10-26-12)9-25-14-5-6-23(8-14)16-15-7-21-24(18(2,3)4)17(15)20-11-19-16/h7,10-11,14H,5-6,8-9H2,1-4H3/t14-/m1/s1.